The number of hydrogen-bond donors (Lipinski definition) is 2. The summed E-state index contributed by atoms with van der Waals surface area (Å²) < 4.78 is 5.09. The molecule has 0 saturated carbocycles. The Labute approximate surface area is 118 Å². The van der Waals surface area contributed by atoms with Crippen LogP contribution in [0.4, 0.5) is 17.5 Å². The lowest BCUT2D eigenvalue weighted by atomic mass is 10.3. The lowest BCUT2D eigenvalue weighted by Crippen LogP contribution is -1.97. The number of nitrogens with two attached hydrogens (primary N) is 1. The molecule has 8 heteroatoms. The molecule has 2 heterocycles. The summed E-state index contributed by atoms with van der Waals surface area (Å²) in [5, 5.41) is 6.98. The molecule has 0 fully saturated rings. The molecular formula is C12H9ClN6O. The molecule has 20 heavy (non-hydrogen) atoms. The van der Waals surface area contributed by atoms with Crippen LogP contribution in [0.25, 0.3) is 11.6 Å². The fourth-order valence-electron chi connectivity index (χ4n) is 1.56. The van der Waals surface area contributed by atoms with E-state index in [1.807, 2.05) is 30.3 Å². The molecule has 0 bridgehead atoms. The number of nitrogen functional groups attached to an aromatic ring is 1. The molecule has 100 valence electrons. The summed E-state index contributed by atoms with van der Waals surface area (Å²) in [7, 11) is 0. The van der Waals surface area contributed by atoms with Gasteiger partial charge in [-0.3, -0.25) is 0 Å². The highest BCUT2D eigenvalue weighted by molar-refractivity contribution is 6.29. The van der Waals surface area contributed by atoms with Crippen molar-refractivity contribution in [1.82, 2.24) is 20.1 Å². The molecule has 0 aliphatic heterocycles. The molecule has 0 aliphatic rings. The van der Waals surface area contributed by atoms with Gasteiger partial charge in [0.1, 0.15) is 5.15 Å². The molecule has 0 unspecified atom stereocenters. The second kappa shape index (κ2) is 5.14. The van der Waals surface area contributed by atoms with E-state index in [2.05, 4.69) is 25.4 Å². The van der Waals surface area contributed by atoms with Crippen molar-refractivity contribution in [3.05, 3.63) is 41.7 Å². The molecule has 1 aromatic carbocycles. The molecule has 2 aromatic heterocycles. The largest absolute Gasteiger partial charge is 0.382 e. The number of rotatable bonds is 3. The van der Waals surface area contributed by atoms with E-state index in [4.69, 9.17) is 21.9 Å². The third-order valence-corrected chi connectivity index (χ3v) is 2.61. The van der Waals surface area contributed by atoms with Gasteiger partial charge in [0, 0.05) is 5.69 Å². The molecule has 0 saturated heterocycles. The number of benzene rings is 1. The van der Waals surface area contributed by atoms with Crippen molar-refractivity contribution in [3.63, 3.8) is 0 Å². The first kappa shape index (κ1) is 12.4. The third kappa shape index (κ3) is 2.52. The van der Waals surface area contributed by atoms with Crippen LogP contribution in [-0.4, -0.2) is 20.1 Å². The maximum atomic E-state index is 5.77. The average molecular weight is 289 g/mol. The number of nitrogens with one attached hydrogen (secondary N) is 1. The van der Waals surface area contributed by atoms with Gasteiger partial charge in [-0.1, -0.05) is 29.8 Å². The molecular weight excluding hydrogens is 280 g/mol. The van der Waals surface area contributed by atoms with Gasteiger partial charge in [-0.2, -0.15) is 4.98 Å². The van der Waals surface area contributed by atoms with Gasteiger partial charge in [-0.15, -0.1) is 0 Å². The predicted octanol–water partition coefficient (Wildman–Crippen LogP) is 2.51. The number of hydrogen-bond acceptors (Lipinski definition) is 7. The predicted molar refractivity (Wildman–Crippen MR) is 74.5 cm³/mol. The Bertz CT molecular complexity index is 730. The van der Waals surface area contributed by atoms with E-state index < -0.39 is 0 Å². The zero-order chi connectivity index (χ0) is 13.9. The van der Waals surface area contributed by atoms with Crippen molar-refractivity contribution in [1.29, 1.82) is 0 Å². The first-order chi connectivity index (χ1) is 9.72. The van der Waals surface area contributed by atoms with Crippen molar-refractivity contribution in [2.75, 3.05) is 11.1 Å². The Kier molecular flexibility index (Phi) is 3.18. The average Bonchev–Trinajstić information content (AvgIpc) is 2.91. The smallest absolute Gasteiger partial charge is 0.282 e. The molecule has 0 spiro atoms. The zero-order valence-electron chi connectivity index (χ0n) is 10.1. The van der Waals surface area contributed by atoms with E-state index in [9.17, 15) is 0 Å². The van der Waals surface area contributed by atoms with E-state index >= 15 is 0 Å². The van der Waals surface area contributed by atoms with Crippen molar-refractivity contribution >= 4 is 29.1 Å². The number of halogens is 1. The summed E-state index contributed by atoms with van der Waals surface area (Å²) in [4.78, 5) is 12.0. The minimum absolute atomic E-state index is 0.149. The summed E-state index contributed by atoms with van der Waals surface area (Å²) in [6.45, 7) is 0. The van der Waals surface area contributed by atoms with Crippen LogP contribution in [0, 0.1) is 0 Å². The Balaban J connectivity index is 1.88. The van der Waals surface area contributed by atoms with Gasteiger partial charge in [-0.05, 0) is 17.3 Å². The maximum absolute atomic E-state index is 5.77. The van der Waals surface area contributed by atoms with Gasteiger partial charge in [0.05, 0.1) is 6.20 Å². The van der Waals surface area contributed by atoms with Crippen molar-refractivity contribution in [2.24, 2.45) is 0 Å². The third-order valence-electron chi connectivity index (χ3n) is 2.43. The van der Waals surface area contributed by atoms with Crippen molar-refractivity contribution < 1.29 is 4.52 Å². The first-order valence-electron chi connectivity index (χ1n) is 5.66. The number of anilines is 3. The molecule has 7 nitrogen and oxygen atoms in total. The van der Waals surface area contributed by atoms with Gasteiger partial charge in [0.2, 0.25) is 0 Å². The zero-order valence-corrected chi connectivity index (χ0v) is 10.9. The minimum atomic E-state index is 0.149. The van der Waals surface area contributed by atoms with Gasteiger partial charge in [0.25, 0.3) is 11.8 Å². The van der Waals surface area contributed by atoms with Crippen LogP contribution in [0.2, 0.25) is 5.15 Å². The Morgan fingerprint density at radius 2 is 1.95 bits per heavy atom. The van der Waals surface area contributed by atoms with Gasteiger partial charge in [-0.25, -0.2) is 9.97 Å². The van der Waals surface area contributed by atoms with Crippen molar-refractivity contribution in [3.8, 4) is 11.6 Å². The monoisotopic (exact) mass is 288 g/mol. The summed E-state index contributed by atoms with van der Waals surface area (Å²) in [5.41, 5.74) is 6.80. The van der Waals surface area contributed by atoms with E-state index in [-0.39, 0.29) is 22.6 Å². The second-order valence-electron chi connectivity index (χ2n) is 3.84. The fourth-order valence-corrected chi connectivity index (χ4v) is 1.69. The van der Waals surface area contributed by atoms with Gasteiger partial charge < -0.3 is 15.6 Å². The van der Waals surface area contributed by atoms with Crippen LogP contribution in [0.15, 0.2) is 41.1 Å². The topological polar surface area (TPSA) is 103 Å². The Morgan fingerprint density at radius 1 is 1.15 bits per heavy atom. The van der Waals surface area contributed by atoms with Crippen LogP contribution in [0.1, 0.15) is 0 Å². The Hall–Kier alpha value is -2.67. The lowest BCUT2D eigenvalue weighted by molar-refractivity contribution is 0.431. The van der Waals surface area contributed by atoms with Crippen molar-refractivity contribution in [2.45, 2.75) is 0 Å². The highest BCUT2D eigenvalue weighted by Crippen LogP contribution is 2.23. The lowest BCUT2D eigenvalue weighted by Gasteiger charge is -1.99. The van der Waals surface area contributed by atoms with E-state index in [1.165, 1.54) is 6.20 Å². The van der Waals surface area contributed by atoms with Crippen LogP contribution >= 0.6 is 11.6 Å². The highest BCUT2D eigenvalue weighted by Gasteiger charge is 2.15. The SMILES string of the molecule is Nc1ncc(Cl)nc1-c1nc(Nc2ccccc2)no1. The second-order valence-corrected chi connectivity index (χ2v) is 4.23. The summed E-state index contributed by atoms with van der Waals surface area (Å²) in [5.74, 6) is 0.618. The number of para-hydroxylation sites is 1. The van der Waals surface area contributed by atoms with Gasteiger partial charge >= 0.3 is 0 Å². The highest BCUT2D eigenvalue weighted by atomic mass is 35.5. The summed E-state index contributed by atoms with van der Waals surface area (Å²) in [6, 6.07) is 9.45. The molecule has 3 N–H and O–H groups in total. The quantitative estimate of drug-likeness (QED) is 0.763. The number of nitrogens with zero attached hydrogens (tertiary/aromatic N) is 4. The summed E-state index contributed by atoms with van der Waals surface area (Å²) in [6.07, 6.45) is 1.35. The Morgan fingerprint density at radius 3 is 2.75 bits per heavy atom. The molecule has 0 amide bonds. The van der Waals surface area contributed by atoms with E-state index in [0.717, 1.165) is 5.69 Å². The summed E-state index contributed by atoms with van der Waals surface area (Å²) >= 11 is 5.77. The number of aromatic nitrogens is 4. The van der Waals surface area contributed by atoms with Gasteiger partial charge in [0.15, 0.2) is 11.5 Å². The van der Waals surface area contributed by atoms with E-state index in [1.54, 1.807) is 0 Å². The minimum Gasteiger partial charge on any atom is -0.382 e. The fraction of sp³-hybridized carbons (Fsp3) is 0. The molecule has 3 rings (SSSR count). The van der Waals surface area contributed by atoms with Crippen LogP contribution in [-0.2, 0) is 0 Å². The molecule has 3 aromatic rings. The van der Waals surface area contributed by atoms with Crippen LogP contribution < -0.4 is 11.1 Å². The standard InChI is InChI=1S/C12H9ClN6O/c13-8-6-15-10(14)9(17-8)11-18-12(19-20-11)16-7-4-2-1-3-5-7/h1-6H,(H2,14,15)(H,16,19). The van der Waals surface area contributed by atoms with E-state index in [0.29, 0.717) is 5.95 Å². The molecule has 0 aliphatic carbocycles. The molecule has 0 atom stereocenters. The van der Waals surface area contributed by atoms with Crippen LogP contribution in [0.3, 0.4) is 0 Å². The first-order valence-corrected chi connectivity index (χ1v) is 6.04. The maximum Gasteiger partial charge on any atom is 0.282 e. The normalized spacial score (nSPS) is 10.4. The van der Waals surface area contributed by atoms with Crippen LogP contribution in [0.5, 0.6) is 0 Å². The molecule has 0 radical (unpaired) electrons.